The summed E-state index contributed by atoms with van der Waals surface area (Å²) in [4.78, 5) is 37.8. The SMILES string of the molecule is Cc1ccc([N+](=O)[O-])cc1NC(=O)C1CCN(C(=O)c2cccs2)CC1. The second-order valence-electron chi connectivity index (χ2n) is 6.29. The summed E-state index contributed by atoms with van der Waals surface area (Å²) >= 11 is 1.41. The summed E-state index contributed by atoms with van der Waals surface area (Å²) < 4.78 is 0. The van der Waals surface area contributed by atoms with Crippen LogP contribution in [0.3, 0.4) is 0 Å². The van der Waals surface area contributed by atoms with E-state index in [1.165, 1.54) is 23.5 Å². The molecule has 1 N–H and O–H groups in total. The van der Waals surface area contributed by atoms with Gasteiger partial charge in [-0.25, -0.2) is 0 Å². The topological polar surface area (TPSA) is 92.6 Å². The number of likely N-dealkylation sites (tertiary alicyclic amines) is 1. The highest BCUT2D eigenvalue weighted by Crippen LogP contribution is 2.25. The van der Waals surface area contributed by atoms with Crippen LogP contribution in [-0.4, -0.2) is 34.7 Å². The molecule has 26 heavy (non-hydrogen) atoms. The molecular formula is C18H19N3O4S. The number of anilines is 1. The molecule has 1 aliphatic rings. The van der Waals surface area contributed by atoms with E-state index >= 15 is 0 Å². The third-order valence-electron chi connectivity index (χ3n) is 4.57. The van der Waals surface area contributed by atoms with Crippen molar-refractivity contribution in [2.24, 2.45) is 5.92 Å². The molecular weight excluding hydrogens is 354 g/mol. The molecule has 1 aromatic carbocycles. The van der Waals surface area contributed by atoms with Crippen molar-refractivity contribution < 1.29 is 14.5 Å². The van der Waals surface area contributed by atoms with E-state index < -0.39 is 4.92 Å². The number of thiophene rings is 1. The predicted molar refractivity (Wildman–Crippen MR) is 99.4 cm³/mol. The number of carbonyl (C=O) groups excluding carboxylic acids is 2. The van der Waals surface area contributed by atoms with Gasteiger partial charge >= 0.3 is 0 Å². The fourth-order valence-corrected chi connectivity index (χ4v) is 3.68. The number of nitrogens with zero attached hydrogens (tertiary/aromatic N) is 2. The Morgan fingerprint density at radius 3 is 2.62 bits per heavy atom. The molecule has 0 aliphatic carbocycles. The molecule has 1 aliphatic heterocycles. The molecule has 1 aromatic heterocycles. The summed E-state index contributed by atoms with van der Waals surface area (Å²) in [6.07, 6.45) is 1.16. The highest BCUT2D eigenvalue weighted by Gasteiger charge is 2.28. The Bertz CT molecular complexity index is 827. The van der Waals surface area contributed by atoms with Crippen LogP contribution in [0.5, 0.6) is 0 Å². The fourth-order valence-electron chi connectivity index (χ4n) is 2.99. The van der Waals surface area contributed by atoms with Crippen LogP contribution < -0.4 is 5.32 Å². The maximum atomic E-state index is 12.5. The van der Waals surface area contributed by atoms with E-state index in [-0.39, 0.29) is 23.4 Å². The Balaban J connectivity index is 1.60. The van der Waals surface area contributed by atoms with Crippen molar-refractivity contribution in [3.63, 3.8) is 0 Å². The number of hydrogen-bond acceptors (Lipinski definition) is 5. The van der Waals surface area contributed by atoms with Gasteiger partial charge in [0, 0.05) is 31.1 Å². The maximum Gasteiger partial charge on any atom is 0.271 e. The van der Waals surface area contributed by atoms with Crippen molar-refractivity contribution in [2.45, 2.75) is 19.8 Å². The smallest absolute Gasteiger partial charge is 0.271 e. The number of carbonyl (C=O) groups is 2. The minimum absolute atomic E-state index is 0.00777. The Kier molecular flexibility index (Phi) is 5.32. The molecule has 2 aromatic rings. The van der Waals surface area contributed by atoms with Gasteiger partial charge < -0.3 is 10.2 Å². The van der Waals surface area contributed by atoms with Crippen LogP contribution in [0.2, 0.25) is 0 Å². The molecule has 1 saturated heterocycles. The molecule has 3 rings (SSSR count). The van der Waals surface area contributed by atoms with Crippen LogP contribution in [0.1, 0.15) is 28.1 Å². The van der Waals surface area contributed by atoms with E-state index in [0.29, 0.717) is 36.5 Å². The Morgan fingerprint density at radius 2 is 2.00 bits per heavy atom. The lowest BCUT2D eigenvalue weighted by Crippen LogP contribution is -2.41. The average Bonchev–Trinajstić information content (AvgIpc) is 3.17. The molecule has 0 radical (unpaired) electrons. The average molecular weight is 373 g/mol. The molecule has 8 heteroatoms. The first-order valence-electron chi connectivity index (χ1n) is 8.34. The summed E-state index contributed by atoms with van der Waals surface area (Å²) in [5, 5.41) is 15.6. The third kappa shape index (κ3) is 3.91. The zero-order valence-corrected chi connectivity index (χ0v) is 15.1. The lowest BCUT2D eigenvalue weighted by atomic mass is 9.95. The number of piperidine rings is 1. The van der Waals surface area contributed by atoms with Crippen molar-refractivity contribution in [3.05, 3.63) is 56.3 Å². The molecule has 7 nitrogen and oxygen atoms in total. The van der Waals surface area contributed by atoms with Crippen molar-refractivity contribution in [2.75, 3.05) is 18.4 Å². The molecule has 136 valence electrons. The second-order valence-corrected chi connectivity index (χ2v) is 7.24. The van der Waals surface area contributed by atoms with Gasteiger partial charge in [0.05, 0.1) is 15.5 Å². The lowest BCUT2D eigenvalue weighted by molar-refractivity contribution is -0.384. The summed E-state index contributed by atoms with van der Waals surface area (Å²) in [6.45, 7) is 2.85. The number of nitrogens with one attached hydrogen (secondary N) is 1. The molecule has 2 amide bonds. The van der Waals surface area contributed by atoms with E-state index in [0.717, 1.165) is 5.56 Å². The van der Waals surface area contributed by atoms with E-state index in [1.54, 1.807) is 24.0 Å². The molecule has 0 unspecified atom stereocenters. The quantitative estimate of drug-likeness (QED) is 0.656. The van der Waals surface area contributed by atoms with Crippen LogP contribution >= 0.6 is 11.3 Å². The van der Waals surface area contributed by atoms with Crippen LogP contribution in [0, 0.1) is 23.0 Å². The number of non-ortho nitro benzene ring substituents is 1. The van der Waals surface area contributed by atoms with Crippen LogP contribution in [0.25, 0.3) is 0 Å². The summed E-state index contributed by atoms with van der Waals surface area (Å²) in [7, 11) is 0. The normalized spacial score (nSPS) is 14.9. The van der Waals surface area contributed by atoms with Gasteiger partial charge in [-0.3, -0.25) is 19.7 Å². The van der Waals surface area contributed by atoms with Crippen molar-refractivity contribution in [1.29, 1.82) is 0 Å². The van der Waals surface area contributed by atoms with Gasteiger partial charge in [-0.1, -0.05) is 12.1 Å². The zero-order chi connectivity index (χ0) is 18.7. The van der Waals surface area contributed by atoms with Gasteiger partial charge in [-0.05, 0) is 36.8 Å². The number of nitro benzene ring substituents is 1. The monoisotopic (exact) mass is 373 g/mol. The molecule has 1 fully saturated rings. The highest BCUT2D eigenvalue weighted by atomic mass is 32.1. The summed E-state index contributed by atoms with van der Waals surface area (Å²) in [6, 6.07) is 8.06. The van der Waals surface area contributed by atoms with E-state index in [4.69, 9.17) is 0 Å². The number of rotatable bonds is 4. The van der Waals surface area contributed by atoms with Crippen molar-refractivity contribution >= 4 is 34.5 Å². The lowest BCUT2D eigenvalue weighted by Gasteiger charge is -2.31. The predicted octanol–water partition coefficient (Wildman–Crippen LogP) is 3.46. The second kappa shape index (κ2) is 7.65. The molecule has 0 bridgehead atoms. The van der Waals surface area contributed by atoms with Crippen LogP contribution in [0.15, 0.2) is 35.7 Å². The van der Waals surface area contributed by atoms with Gasteiger partial charge in [0.2, 0.25) is 5.91 Å². The van der Waals surface area contributed by atoms with Gasteiger partial charge in [0.25, 0.3) is 11.6 Å². The minimum Gasteiger partial charge on any atom is -0.338 e. The fraction of sp³-hybridized carbons (Fsp3) is 0.333. The number of nitro groups is 1. The molecule has 0 atom stereocenters. The number of hydrogen-bond donors (Lipinski definition) is 1. The first-order chi connectivity index (χ1) is 12.5. The standard InChI is InChI=1S/C18H19N3O4S/c1-12-4-5-14(21(24)25)11-15(12)19-17(22)13-6-8-20(9-7-13)18(23)16-3-2-10-26-16/h2-5,10-11,13H,6-9H2,1H3,(H,19,22). The highest BCUT2D eigenvalue weighted by molar-refractivity contribution is 7.12. The van der Waals surface area contributed by atoms with Crippen molar-refractivity contribution in [1.82, 2.24) is 4.90 Å². The van der Waals surface area contributed by atoms with E-state index in [2.05, 4.69) is 5.32 Å². The maximum absolute atomic E-state index is 12.5. The summed E-state index contributed by atoms with van der Waals surface area (Å²) in [5.74, 6) is -0.355. The Morgan fingerprint density at radius 1 is 1.27 bits per heavy atom. The third-order valence-corrected chi connectivity index (χ3v) is 5.43. The molecule has 0 saturated carbocycles. The van der Waals surface area contributed by atoms with E-state index in [9.17, 15) is 19.7 Å². The van der Waals surface area contributed by atoms with Crippen molar-refractivity contribution in [3.8, 4) is 0 Å². The summed E-state index contributed by atoms with van der Waals surface area (Å²) in [5.41, 5.74) is 1.18. The number of benzene rings is 1. The Labute approximate surface area is 154 Å². The zero-order valence-electron chi connectivity index (χ0n) is 14.3. The number of amides is 2. The van der Waals surface area contributed by atoms with E-state index in [1.807, 2.05) is 11.4 Å². The largest absolute Gasteiger partial charge is 0.338 e. The van der Waals surface area contributed by atoms with Gasteiger partial charge in [0.15, 0.2) is 0 Å². The van der Waals surface area contributed by atoms with Crippen LogP contribution in [0.4, 0.5) is 11.4 Å². The van der Waals surface area contributed by atoms with Gasteiger partial charge in [0.1, 0.15) is 0 Å². The Hall–Kier alpha value is -2.74. The van der Waals surface area contributed by atoms with Crippen LogP contribution in [-0.2, 0) is 4.79 Å². The molecule has 2 heterocycles. The minimum atomic E-state index is -0.482. The first-order valence-corrected chi connectivity index (χ1v) is 9.22. The number of aryl methyl sites for hydroxylation is 1. The van der Waals surface area contributed by atoms with Gasteiger partial charge in [-0.15, -0.1) is 11.3 Å². The molecule has 0 spiro atoms. The first kappa shape index (κ1) is 18.1. The van der Waals surface area contributed by atoms with Gasteiger partial charge in [-0.2, -0.15) is 0 Å².